The number of alkyl halides is 1. The molecule has 0 heterocycles. The van der Waals surface area contributed by atoms with Gasteiger partial charge in [-0.1, -0.05) is 34.1 Å². The van der Waals surface area contributed by atoms with E-state index in [1.807, 2.05) is 30.3 Å². The molecule has 0 bridgehead atoms. The third-order valence-electron chi connectivity index (χ3n) is 2.87. The molecule has 1 atom stereocenters. The van der Waals surface area contributed by atoms with Gasteiger partial charge in [0.15, 0.2) is 0 Å². The zero-order valence-electron chi connectivity index (χ0n) is 10.4. The molecule has 1 unspecified atom stereocenters. The highest BCUT2D eigenvalue weighted by atomic mass is 79.9. The van der Waals surface area contributed by atoms with Crippen LogP contribution in [0.4, 0.5) is 4.39 Å². The second kappa shape index (κ2) is 6.53. The smallest absolute Gasteiger partial charge is 0.133 e. The van der Waals surface area contributed by atoms with Crippen LogP contribution in [0.15, 0.2) is 46.9 Å². The molecule has 2 aromatic rings. The van der Waals surface area contributed by atoms with Crippen molar-refractivity contribution in [3.05, 3.63) is 63.9 Å². The van der Waals surface area contributed by atoms with E-state index in [9.17, 15) is 4.39 Å². The standard InChI is InChI=1S/C15H13Br2FO/c1-19-15-7-4-11(9-14(15)17)13(16)8-10-2-5-12(18)6-3-10/h2-7,9,13H,8H2,1H3. The van der Waals surface area contributed by atoms with Crippen LogP contribution in [0.1, 0.15) is 16.0 Å². The van der Waals surface area contributed by atoms with Crippen LogP contribution in [0.3, 0.4) is 0 Å². The second-order valence-corrected chi connectivity index (χ2v) is 6.15. The Balaban J connectivity index is 2.13. The van der Waals surface area contributed by atoms with Crippen molar-refractivity contribution in [1.82, 2.24) is 0 Å². The topological polar surface area (TPSA) is 9.23 Å². The summed E-state index contributed by atoms with van der Waals surface area (Å²) in [6, 6.07) is 12.6. The minimum absolute atomic E-state index is 0.181. The van der Waals surface area contributed by atoms with Crippen LogP contribution in [0, 0.1) is 5.82 Å². The fraction of sp³-hybridized carbons (Fsp3) is 0.200. The highest BCUT2D eigenvalue weighted by Gasteiger charge is 2.11. The van der Waals surface area contributed by atoms with Crippen LogP contribution in [0.25, 0.3) is 0 Å². The molecule has 0 saturated heterocycles. The fourth-order valence-electron chi connectivity index (χ4n) is 1.82. The lowest BCUT2D eigenvalue weighted by Crippen LogP contribution is -1.96. The zero-order chi connectivity index (χ0) is 13.8. The summed E-state index contributed by atoms with van der Waals surface area (Å²) < 4.78 is 19.0. The highest BCUT2D eigenvalue weighted by Crippen LogP contribution is 2.33. The van der Waals surface area contributed by atoms with Gasteiger partial charge in [-0.2, -0.15) is 0 Å². The summed E-state index contributed by atoms with van der Waals surface area (Å²) in [6.45, 7) is 0. The van der Waals surface area contributed by atoms with E-state index < -0.39 is 0 Å². The summed E-state index contributed by atoms with van der Waals surface area (Å²) >= 11 is 7.14. The Hall–Kier alpha value is -0.870. The van der Waals surface area contributed by atoms with E-state index in [2.05, 4.69) is 31.9 Å². The lowest BCUT2D eigenvalue weighted by Gasteiger charge is -2.12. The molecule has 0 aliphatic rings. The Labute approximate surface area is 129 Å². The quantitative estimate of drug-likeness (QED) is 0.649. The number of hydrogen-bond donors (Lipinski definition) is 0. The molecular formula is C15H13Br2FO. The van der Waals surface area contributed by atoms with Gasteiger partial charge in [-0.05, 0) is 57.7 Å². The van der Waals surface area contributed by atoms with Gasteiger partial charge in [0.2, 0.25) is 0 Å². The largest absolute Gasteiger partial charge is 0.496 e. The van der Waals surface area contributed by atoms with Crippen molar-refractivity contribution >= 4 is 31.9 Å². The maximum Gasteiger partial charge on any atom is 0.133 e. The van der Waals surface area contributed by atoms with Crippen molar-refractivity contribution in [3.8, 4) is 5.75 Å². The van der Waals surface area contributed by atoms with Gasteiger partial charge in [0.05, 0.1) is 11.6 Å². The molecule has 0 aliphatic heterocycles. The first kappa shape index (κ1) is 14.5. The molecule has 0 amide bonds. The number of methoxy groups -OCH3 is 1. The first-order valence-electron chi connectivity index (χ1n) is 5.82. The molecular weight excluding hydrogens is 375 g/mol. The number of rotatable bonds is 4. The average molecular weight is 388 g/mol. The highest BCUT2D eigenvalue weighted by molar-refractivity contribution is 9.10. The van der Waals surface area contributed by atoms with E-state index >= 15 is 0 Å². The molecule has 19 heavy (non-hydrogen) atoms. The van der Waals surface area contributed by atoms with Crippen molar-refractivity contribution in [2.24, 2.45) is 0 Å². The van der Waals surface area contributed by atoms with Gasteiger partial charge in [-0.3, -0.25) is 0 Å². The minimum atomic E-state index is -0.206. The Kier molecular flexibility index (Phi) is 4.99. The molecule has 1 nitrogen and oxygen atoms in total. The predicted octanol–water partition coefficient (Wildman–Crippen LogP) is 5.28. The van der Waals surface area contributed by atoms with Crippen LogP contribution in [-0.4, -0.2) is 7.11 Å². The van der Waals surface area contributed by atoms with Gasteiger partial charge in [-0.15, -0.1) is 0 Å². The lowest BCUT2D eigenvalue weighted by atomic mass is 10.0. The summed E-state index contributed by atoms with van der Waals surface area (Å²) in [5.41, 5.74) is 2.24. The molecule has 0 radical (unpaired) electrons. The number of halogens is 3. The van der Waals surface area contributed by atoms with E-state index in [1.165, 1.54) is 12.1 Å². The fourth-order valence-corrected chi connectivity index (χ4v) is 3.04. The molecule has 0 N–H and O–H groups in total. The summed E-state index contributed by atoms with van der Waals surface area (Å²) in [4.78, 5) is 0.181. The third kappa shape index (κ3) is 3.80. The SMILES string of the molecule is COc1ccc(C(Br)Cc2ccc(F)cc2)cc1Br. The van der Waals surface area contributed by atoms with Crippen molar-refractivity contribution in [3.63, 3.8) is 0 Å². The van der Waals surface area contributed by atoms with E-state index in [1.54, 1.807) is 7.11 Å². The van der Waals surface area contributed by atoms with Crippen molar-refractivity contribution in [2.45, 2.75) is 11.2 Å². The molecule has 0 fully saturated rings. The molecule has 4 heteroatoms. The Bertz CT molecular complexity index is 555. The van der Waals surface area contributed by atoms with Crippen molar-refractivity contribution < 1.29 is 9.13 Å². The maximum atomic E-state index is 12.9. The second-order valence-electron chi connectivity index (χ2n) is 4.19. The summed E-state index contributed by atoms with van der Waals surface area (Å²) in [5.74, 6) is 0.604. The van der Waals surface area contributed by atoms with E-state index in [-0.39, 0.29) is 10.6 Å². The lowest BCUT2D eigenvalue weighted by molar-refractivity contribution is 0.412. The van der Waals surface area contributed by atoms with Crippen LogP contribution < -0.4 is 4.74 Å². The van der Waals surface area contributed by atoms with Crippen LogP contribution in [0.5, 0.6) is 5.75 Å². The van der Waals surface area contributed by atoms with Crippen LogP contribution >= 0.6 is 31.9 Å². The first-order valence-corrected chi connectivity index (χ1v) is 7.53. The van der Waals surface area contributed by atoms with Gasteiger partial charge >= 0.3 is 0 Å². The van der Waals surface area contributed by atoms with E-state index in [0.29, 0.717) is 0 Å². The summed E-state index contributed by atoms with van der Waals surface area (Å²) in [6.07, 6.45) is 0.805. The number of benzene rings is 2. The number of ether oxygens (including phenoxy) is 1. The first-order chi connectivity index (χ1) is 9.10. The minimum Gasteiger partial charge on any atom is -0.496 e. The molecule has 2 rings (SSSR count). The Morgan fingerprint density at radius 2 is 1.84 bits per heavy atom. The molecule has 2 aromatic carbocycles. The average Bonchev–Trinajstić information content (AvgIpc) is 2.41. The van der Waals surface area contributed by atoms with Gasteiger partial charge < -0.3 is 4.74 Å². The van der Waals surface area contributed by atoms with Crippen molar-refractivity contribution in [2.75, 3.05) is 7.11 Å². The summed E-state index contributed by atoms with van der Waals surface area (Å²) in [7, 11) is 1.64. The normalized spacial score (nSPS) is 12.2. The van der Waals surface area contributed by atoms with E-state index in [4.69, 9.17) is 4.74 Å². The Morgan fingerprint density at radius 1 is 1.16 bits per heavy atom. The monoisotopic (exact) mass is 386 g/mol. The van der Waals surface area contributed by atoms with E-state index in [0.717, 1.165) is 27.8 Å². The molecule has 0 aromatic heterocycles. The van der Waals surface area contributed by atoms with Crippen LogP contribution in [0.2, 0.25) is 0 Å². The van der Waals surface area contributed by atoms with Crippen molar-refractivity contribution in [1.29, 1.82) is 0 Å². The predicted molar refractivity (Wildman–Crippen MR) is 82.5 cm³/mol. The maximum absolute atomic E-state index is 12.9. The molecule has 0 spiro atoms. The molecule has 0 aliphatic carbocycles. The molecule has 0 saturated carbocycles. The number of hydrogen-bond acceptors (Lipinski definition) is 1. The van der Waals surface area contributed by atoms with Gasteiger partial charge in [0.1, 0.15) is 11.6 Å². The zero-order valence-corrected chi connectivity index (χ0v) is 13.5. The summed E-state index contributed by atoms with van der Waals surface area (Å²) in [5, 5.41) is 0. The van der Waals surface area contributed by atoms with Crippen LogP contribution in [-0.2, 0) is 6.42 Å². The van der Waals surface area contributed by atoms with Gasteiger partial charge in [0.25, 0.3) is 0 Å². The molecule has 100 valence electrons. The van der Waals surface area contributed by atoms with Gasteiger partial charge in [-0.25, -0.2) is 4.39 Å². The Morgan fingerprint density at radius 3 is 2.42 bits per heavy atom. The van der Waals surface area contributed by atoms with Gasteiger partial charge in [0, 0.05) is 4.83 Å². The third-order valence-corrected chi connectivity index (χ3v) is 4.34.